The number of primary amides is 1. The van der Waals surface area contributed by atoms with Crippen molar-refractivity contribution in [2.75, 3.05) is 6.54 Å². The minimum Gasteiger partial charge on any atom is -0.368 e. The second-order valence-electron chi connectivity index (χ2n) is 3.59. The van der Waals surface area contributed by atoms with Gasteiger partial charge in [0.05, 0.1) is 11.6 Å². The first kappa shape index (κ1) is 13.7. The minimum absolute atomic E-state index is 0.657. The van der Waals surface area contributed by atoms with Crippen LogP contribution in [-0.2, 0) is 4.79 Å². The third kappa shape index (κ3) is 4.16. The molecule has 1 amide bonds. The molecule has 0 spiro atoms. The van der Waals surface area contributed by atoms with Crippen molar-refractivity contribution in [2.45, 2.75) is 25.6 Å². The van der Waals surface area contributed by atoms with E-state index in [1.165, 1.54) is 13.8 Å². The Morgan fingerprint density at radius 3 is 2.27 bits per heavy atom. The number of nitriles is 1. The standard InChI is InChI=1S/C8H12F3N3O/c1-7(2,6(13)15)14-4-5(3-12)8(9,10)11/h5,14H,4H2,1-2H3,(H2,13,15). The van der Waals surface area contributed by atoms with Crippen LogP contribution in [0.2, 0.25) is 0 Å². The Kier molecular flexibility index (Phi) is 4.10. The highest BCUT2D eigenvalue weighted by atomic mass is 19.4. The molecule has 0 fully saturated rings. The highest BCUT2D eigenvalue weighted by Crippen LogP contribution is 2.25. The van der Waals surface area contributed by atoms with Gasteiger partial charge in [0.1, 0.15) is 0 Å². The number of carbonyl (C=O) groups excluding carboxylic acids is 1. The summed E-state index contributed by atoms with van der Waals surface area (Å²) in [5, 5.41) is 10.6. The number of amides is 1. The largest absolute Gasteiger partial charge is 0.405 e. The zero-order valence-electron chi connectivity index (χ0n) is 8.35. The summed E-state index contributed by atoms with van der Waals surface area (Å²) < 4.78 is 36.4. The van der Waals surface area contributed by atoms with Crippen LogP contribution in [0.25, 0.3) is 0 Å². The van der Waals surface area contributed by atoms with Gasteiger partial charge >= 0.3 is 6.18 Å². The molecule has 0 saturated heterocycles. The summed E-state index contributed by atoms with van der Waals surface area (Å²) in [5.74, 6) is -2.92. The molecule has 7 heteroatoms. The van der Waals surface area contributed by atoms with Crippen LogP contribution in [0.15, 0.2) is 0 Å². The van der Waals surface area contributed by atoms with E-state index in [1.54, 1.807) is 0 Å². The second-order valence-corrected chi connectivity index (χ2v) is 3.59. The quantitative estimate of drug-likeness (QED) is 0.730. The number of hydrogen-bond donors (Lipinski definition) is 2. The van der Waals surface area contributed by atoms with Crippen molar-refractivity contribution in [3.8, 4) is 6.07 Å². The molecule has 0 bridgehead atoms. The molecule has 3 N–H and O–H groups in total. The number of halogens is 3. The fourth-order valence-corrected chi connectivity index (χ4v) is 0.679. The lowest BCUT2D eigenvalue weighted by atomic mass is 10.0. The summed E-state index contributed by atoms with van der Waals surface area (Å²) in [7, 11) is 0. The lowest BCUT2D eigenvalue weighted by Crippen LogP contribution is -2.53. The Balaban J connectivity index is 4.39. The van der Waals surface area contributed by atoms with Gasteiger partial charge in [0, 0.05) is 6.54 Å². The summed E-state index contributed by atoms with van der Waals surface area (Å²) in [6, 6.07) is 1.11. The molecule has 0 aliphatic heterocycles. The van der Waals surface area contributed by atoms with Crippen molar-refractivity contribution in [3.63, 3.8) is 0 Å². The van der Waals surface area contributed by atoms with E-state index < -0.39 is 30.1 Å². The van der Waals surface area contributed by atoms with Crippen molar-refractivity contribution in [2.24, 2.45) is 11.7 Å². The second kappa shape index (κ2) is 4.49. The van der Waals surface area contributed by atoms with Crippen LogP contribution in [0.1, 0.15) is 13.8 Å². The van der Waals surface area contributed by atoms with Gasteiger partial charge < -0.3 is 11.1 Å². The van der Waals surface area contributed by atoms with E-state index in [0.717, 1.165) is 6.07 Å². The maximum Gasteiger partial charge on any atom is 0.405 e. The Labute approximate surface area is 85.2 Å². The predicted molar refractivity (Wildman–Crippen MR) is 46.4 cm³/mol. The van der Waals surface area contributed by atoms with Crippen LogP contribution in [0.3, 0.4) is 0 Å². The molecule has 0 aliphatic carbocycles. The Bertz CT molecular complexity index is 280. The van der Waals surface area contributed by atoms with Gasteiger partial charge in [-0.05, 0) is 13.8 Å². The predicted octanol–water partition coefficient (Wildman–Crippen LogP) is 0.542. The molecule has 1 unspecified atom stereocenters. The summed E-state index contributed by atoms with van der Waals surface area (Å²) in [6.45, 7) is 2.04. The number of carbonyl (C=O) groups is 1. The van der Waals surface area contributed by atoms with Crippen molar-refractivity contribution in [3.05, 3.63) is 0 Å². The molecule has 1 atom stereocenters. The number of alkyl halides is 3. The van der Waals surface area contributed by atoms with E-state index in [0.29, 0.717) is 0 Å². The van der Waals surface area contributed by atoms with Crippen LogP contribution >= 0.6 is 0 Å². The number of hydrogen-bond acceptors (Lipinski definition) is 3. The van der Waals surface area contributed by atoms with Crippen LogP contribution in [0.5, 0.6) is 0 Å². The lowest BCUT2D eigenvalue weighted by molar-refractivity contribution is -0.159. The molecule has 4 nitrogen and oxygen atoms in total. The number of nitrogens with one attached hydrogen (secondary N) is 1. The monoisotopic (exact) mass is 223 g/mol. The van der Waals surface area contributed by atoms with Crippen LogP contribution in [0, 0.1) is 17.2 Å². The number of nitrogens with zero attached hydrogens (tertiary/aromatic N) is 1. The van der Waals surface area contributed by atoms with Gasteiger partial charge in [-0.2, -0.15) is 18.4 Å². The smallest absolute Gasteiger partial charge is 0.368 e. The normalized spacial score (nSPS) is 14.4. The fraction of sp³-hybridized carbons (Fsp3) is 0.750. The molecule has 0 aromatic rings. The van der Waals surface area contributed by atoms with Crippen molar-refractivity contribution < 1.29 is 18.0 Å². The highest BCUT2D eigenvalue weighted by molar-refractivity contribution is 5.83. The van der Waals surface area contributed by atoms with Gasteiger partial charge in [0.25, 0.3) is 0 Å². The maximum atomic E-state index is 12.1. The number of nitrogens with two attached hydrogens (primary N) is 1. The van der Waals surface area contributed by atoms with Crippen LogP contribution in [0.4, 0.5) is 13.2 Å². The van der Waals surface area contributed by atoms with E-state index in [-0.39, 0.29) is 0 Å². The Hall–Kier alpha value is -1.29. The average molecular weight is 223 g/mol. The van der Waals surface area contributed by atoms with Crippen molar-refractivity contribution in [1.82, 2.24) is 5.32 Å². The SMILES string of the molecule is CC(C)(NCC(C#N)C(F)(F)F)C(N)=O. The van der Waals surface area contributed by atoms with Gasteiger partial charge in [-0.3, -0.25) is 4.79 Å². The topological polar surface area (TPSA) is 78.9 Å². The Morgan fingerprint density at radius 2 is 2.00 bits per heavy atom. The van der Waals surface area contributed by atoms with Gasteiger partial charge in [-0.15, -0.1) is 0 Å². The molecule has 0 rings (SSSR count). The molecule has 0 radical (unpaired) electrons. The molecule has 0 aromatic carbocycles. The molecule has 0 aliphatic rings. The molecular weight excluding hydrogens is 211 g/mol. The lowest BCUT2D eigenvalue weighted by Gasteiger charge is -2.24. The van der Waals surface area contributed by atoms with Crippen molar-refractivity contribution >= 4 is 5.91 Å². The van der Waals surface area contributed by atoms with Crippen molar-refractivity contribution in [1.29, 1.82) is 5.26 Å². The average Bonchev–Trinajstić information content (AvgIpc) is 2.02. The molecule has 0 aromatic heterocycles. The van der Waals surface area contributed by atoms with Gasteiger partial charge in [0.2, 0.25) is 5.91 Å². The number of rotatable bonds is 4. The summed E-state index contributed by atoms with van der Waals surface area (Å²) in [4.78, 5) is 10.8. The van der Waals surface area contributed by atoms with E-state index in [9.17, 15) is 18.0 Å². The Morgan fingerprint density at radius 1 is 1.53 bits per heavy atom. The minimum atomic E-state index is -4.60. The maximum absolute atomic E-state index is 12.1. The van der Waals surface area contributed by atoms with Gasteiger partial charge in [0.15, 0.2) is 5.92 Å². The molecule has 0 heterocycles. The first-order valence-corrected chi connectivity index (χ1v) is 4.12. The van der Waals surface area contributed by atoms with E-state index in [1.807, 2.05) is 0 Å². The summed E-state index contributed by atoms with van der Waals surface area (Å²) in [5.41, 5.74) is 3.68. The van der Waals surface area contributed by atoms with Gasteiger partial charge in [-0.1, -0.05) is 0 Å². The molecule has 15 heavy (non-hydrogen) atoms. The zero-order valence-corrected chi connectivity index (χ0v) is 8.35. The van der Waals surface area contributed by atoms with E-state index in [4.69, 9.17) is 11.0 Å². The summed E-state index contributed by atoms with van der Waals surface area (Å²) >= 11 is 0. The molecule has 86 valence electrons. The van der Waals surface area contributed by atoms with E-state index in [2.05, 4.69) is 5.32 Å². The first-order valence-electron chi connectivity index (χ1n) is 4.12. The highest BCUT2D eigenvalue weighted by Gasteiger charge is 2.41. The molecular formula is C8H12F3N3O. The van der Waals surface area contributed by atoms with Gasteiger partial charge in [-0.25, -0.2) is 0 Å². The third-order valence-electron chi connectivity index (χ3n) is 1.92. The van der Waals surface area contributed by atoms with E-state index >= 15 is 0 Å². The zero-order chi connectivity index (χ0) is 12.3. The van der Waals surface area contributed by atoms with Crippen LogP contribution in [-0.4, -0.2) is 24.2 Å². The van der Waals surface area contributed by atoms with Crippen LogP contribution < -0.4 is 11.1 Å². The third-order valence-corrected chi connectivity index (χ3v) is 1.92. The fourth-order valence-electron chi connectivity index (χ4n) is 0.679. The first-order chi connectivity index (χ1) is 6.61. The molecule has 0 saturated carbocycles. The summed E-state index contributed by atoms with van der Waals surface area (Å²) in [6.07, 6.45) is -4.60.